The minimum atomic E-state index is -1.04. The molecule has 2 fully saturated rings. The van der Waals surface area contributed by atoms with Crippen molar-refractivity contribution in [2.24, 2.45) is 0 Å². The molecule has 2 aliphatic rings. The van der Waals surface area contributed by atoms with Crippen LogP contribution in [-0.4, -0.2) is 45.1 Å². The Hall–Kier alpha value is -2.05. The topological polar surface area (TPSA) is 98.3 Å². The smallest absolute Gasteiger partial charge is 0.353 e. The summed E-state index contributed by atoms with van der Waals surface area (Å²) in [5, 5.41) is 12.0. The monoisotopic (exact) mass is 278 g/mol. The van der Waals surface area contributed by atoms with Crippen molar-refractivity contribution in [3.05, 3.63) is 17.7 Å². The fourth-order valence-corrected chi connectivity index (χ4v) is 2.83. The van der Waals surface area contributed by atoms with Crippen molar-refractivity contribution in [1.82, 2.24) is 20.2 Å². The van der Waals surface area contributed by atoms with Crippen LogP contribution >= 0.6 is 0 Å². The zero-order valence-electron chi connectivity index (χ0n) is 11.2. The van der Waals surface area contributed by atoms with E-state index in [0.29, 0.717) is 5.82 Å². The van der Waals surface area contributed by atoms with Crippen molar-refractivity contribution >= 4 is 12.0 Å². The lowest BCUT2D eigenvalue weighted by Gasteiger charge is -2.41. The van der Waals surface area contributed by atoms with Gasteiger partial charge in [-0.3, -0.25) is 0 Å². The fraction of sp³-hybridized carbons (Fsp3) is 0.615. The zero-order chi connectivity index (χ0) is 14.2. The highest BCUT2D eigenvalue weighted by atomic mass is 16.4. The Morgan fingerprint density at radius 3 is 2.50 bits per heavy atom. The van der Waals surface area contributed by atoms with E-state index in [1.165, 1.54) is 6.20 Å². The molecule has 1 saturated heterocycles. The molecular weight excluding hydrogens is 260 g/mol. The van der Waals surface area contributed by atoms with Crippen molar-refractivity contribution in [1.29, 1.82) is 0 Å². The van der Waals surface area contributed by atoms with Gasteiger partial charge >= 0.3 is 12.0 Å². The highest BCUT2D eigenvalue weighted by Crippen LogP contribution is 2.40. The van der Waals surface area contributed by atoms with E-state index in [-0.39, 0.29) is 11.7 Å². The number of carboxylic acids is 1. The van der Waals surface area contributed by atoms with Gasteiger partial charge < -0.3 is 20.3 Å². The summed E-state index contributed by atoms with van der Waals surface area (Å²) in [5.74, 6) is -0.488. The number of likely N-dealkylation sites (tertiary alicyclic amines) is 1. The normalized spacial score (nSPS) is 20.5. The van der Waals surface area contributed by atoms with E-state index in [9.17, 15) is 9.59 Å². The molecule has 7 nitrogen and oxygen atoms in total. The van der Waals surface area contributed by atoms with E-state index in [0.717, 1.165) is 45.2 Å². The van der Waals surface area contributed by atoms with E-state index in [4.69, 9.17) is 5.11 Å². The van der Waals surface area contributed by atoms with Gasteiger partial charge in [0.2, 0.25) is 0 Å². The Labute approximate surface area is 116 Å². The molecule has 0 unspecified atom stereocenters. The first-order valence-corrected chi connectivity index (χ1v) is 6.97. The van der Waals surface area contributed by atoms with Crippen LogP contribution in [0.1, 0.15) is 48.4 Å². The fourth-order valence-electron chi connectivity index (χ4n) is 2.83. The number of carbonyl (C=O) groups excluding carboxylic acids is 1. The van der Waals surface area contributed by atoms with Gasteiger partial charge in [0.05, 0.1) is 11.7 Å². The molecular formula is C13H18N4O3. The van der Waals surface area contributed by atoms with Crippen molar-refractivity contribution in [2.75, 3.05) is 13.1 Å². The second-order valence-electron chi connectivity index (χ2n) is 5.51. The molecule has 1 aliphatic heterocycles. The highest BCUT2D eigenvalue weighted by molar-refractivity contribution is 5.85. The number of imidazole rings is 1. The van der Waals surface area contributed by atoms with E-state index < -0.39 is 11.5 Å². The van der Waals surface area contributed by atoms with E-state index in [1.807, 2.05) is 0 Å². The maximum Gasteiger partial charge on any atom is 0.353 e. The summed E-state index contributed by atoms with van der Waals surface area (Å²) in [5.41, 5.74) is -0.463. The lowest BCUT2D eigenvalue weighted by atomic mass is 9.76. The summed E-state index contributed by atoms with van der Waals surface area (Å²) in [4.78, 5) is 31.9. The predicted molar refractivity (Wildman–Crippen MR) is 70.4 cm³/mol. The largest absolute Gasteiger partial charge is 0.477 e. The van der Waals surface area contributed by atoms with Gasteiger partial charge in [-0.25, -0.2) is 14.6 Å². The van der Waals surface area contributed by atoms with Gasteiger partial charge in [-0.05, 0) is 32.1 Å². The van der Waals surface area contributed by atoms with Crippen LogP contribution in [0.2, 0.25) is 0 Å². The molecule has 1 aromatic heterocycles. The molecule has 1 aromatic rings. The average molecular weight is 278 g/mol. The van der Waals surface area contributed by atoms with Gasteiger partial charge in [0.1, 0.15) is 11.5 Å². The van der Waals surface area contributed by atoms with E-state index in [1.54, 1.807) is 4.90 Å². The van der Waals surface area contributed by atoms with E-state index in [2.05, 4.69) is 15.3 Å². The number of aromatic carboxylic acids is 1. The van der Waals surface area contributed by atoms with Crippen LogP contribution in [0, 0.1) is 0 Å². The molecule has 0 aromatic carbocycles. The predicted octanol–water partition coefficient (Wildman–Crippen LogP) is 1.29. The minimum Gasteiger partial charge on any atom is -0.477 e. The molecule has 3 N–H and O–H groups in total. The average Bonchev–Trinajstić information content (AvgIpc) is 3.03. The lowest BCUT2D eigenvalue weighted by molar-refractivity contribution is 0.0690. The van der Waals surface area contributed by atoms with Crippen molar-refractivity contribution in [3.8, 4) is 0 Å². The number of amides is 2. The highest BCUT2D eigenvalue weighted by Gasteiger charge is 2.43. The molecule has 3 rings (SSSR count). The number of hydrogen-bond donors (Lipinski definition) is 3. The SMILES string of the molecule is O=C(O)c1cnc(C2(NC(=O)N3CCCC3)CCC2)[nH]1. The van der Waals surface area contributed by atoms with E-state index >= 15 is 0 Å². The Balaban J connectivity index is 1.76. The van der Waals surface area contributed by atoms with Crippen molar-refractivity contribution in [3.63, 3.8) is 0 Å². The van der Waals surface area contributed by atoms with Crippen molar-refractivity contribution in [2.45, 2.75) is 37.6 Å². The zero-order valence-corrected chi connectivity index (χ0v) is 11.2. The number of carboxylic acid groups (broad SMARTS) is 1. The molecule has 2 heterocycles. The minimum absolute atomic E-state index is 0.0571. The van der Waals surface area contributed by atoms with Crippen LogP contribution in [-0.2, 0) is 5.54 Å². The molecule has 2 amide bonds. The van der Waals surface area contributed by atoms with Crippen LogP contribution in [0.15, 0.2) is 6.20 Å². The quantitative estimate of drug-likeness (QED) is 0.776. The number of nitrogens with one attached hydrogen (secondary N) is 2. The Kier molecular flexibility index (Phi) is 3.11. The number of rotatable bonds is 3. The Bertz CT molecular complexity index is 529. The summed E-state index contributed by atoms with van der Waals surface area (Å²) in [6, 6.07) is -0.0736. The van der Waals surface area contributed by atoms with Crippen LogP contribution in [0.3, 0.4) is 0 Å². The molecule has 7 heteroatoms. The molecule has 0 bridgehead atoms. The number of H-pyrrole nitrogens is 1. The summed E-state index contributed by atoms with van der Waals surface area (Å²) >= 11 is 0. The molecule has 108 valence electrons. The molecule has 1 aliphatic carbocycles. The third-order valence-corrected chi connectivity index (χ3v) is 4.21. The second kappa shape index (κ2) is 4.81. The number of aromatic amines is 1. The summed E-state index contributed by atoms with van der Waals surface area (Å²) in [6.45, 7) is 1.58. The molecule has 0 radical (unpaired) electrons. The Morgan fingerprint density at radius 2 is 2.00 bits per heavy atom. The van der Waals surface area contributed by atoms with Crippen LogP contribution in [0.4, 0.5) is 4.79 Å². The third kappa shape index (κ3) is 2.13. The van der Waals surface area contributed by atoms with Crippen LogP contribution < -0.4 is 5.32 Å². The van der Waals surface area contributed by atoms with Gasteiger partial charge in [0.25, 0.3) is 0 Å². The molecule has 0 atom stereocenters. The van der Waals surface area contributed by atoms with Gasteiger partial charge in [-0.2, -0.15) is 0 Å². The standard InChI is InChI=1S/C13H18N4O3/c18-10(19)9-8-14-11(15-9)13(4-3-5-13)16-12(20)17-6-1-2-7-17/h8H,1-7H2,(H,14,15)(H,16,20)(H,18,19). The van der Waals surface area contributed by atoms with Gasteiger partial charge in [-0.1, -0.05) is 0 Å². The van der Waals surface area contributed by atoms with Gasteiger partial charge in [0, 0.05) is 13.1 Å². The maximum absolute atomic E-state index is 12.2. The molecule has 20 heavy (non-hydrogen) atoms. The summed E-state index contributed by atoms with van der Waals surface area (Å²) in [6.07, 6.45) is 5.98. The van der Waals surface area contributed by atoms with Crippen LogP contribution in [0.5, 0.6) is 0 Å². The number of urea groups is 1. The summed E-state index contributed by atoms with van der Waals surface area (Å²) in [7, 11) is 0. The second-order valence-corrected chi connectivity index (χ2v) is 5.51. The molecule has 1 saturated carbocycles. The number of hydrogen-bond acceptors (Lipinski definition) is 3. The van der Waals surface area contributed by atoms with Crippen LogP contribution in [0.25, 0.3) is 0 Å². The summed E-state index contributed by atoms with van der Waals surface area (Å²) < 4.78 is 0. The van der Waals surface area contributed by atoms with Gasteiger partial charge in [0.15, 0.2) is 0 Å². The maximum atomic E-state index is 12.2. The Morgan fingerprint density at radius 1 is 1.30 bits per heavy atom. The van der Waals surface area contributed by atoms with Crippen molar-refractivity contribution < 1.29 is 14.7 Å². The molecule has 0 spiro atoms. The number of aromatic nitrogens is 2. The lowest BCUT2D eigenvalue weighted by Crippen LogP contribution is -2.55. The first kappa shape index (κ1) is 13.0. The van der Waals surface area contributed by atoms with Gasteiger partial charge in [-0.15, -0.1) is 0 Å². The first-order valence-electron chi connectivity index (χ1n) is 6.97. The first-order chi connectivity index (χ1) is 9.61. The number of carbonyl (C=O) groups is 2. The number of nitrogens with zero attached hydrogens (tertiary/aromatic N) is 2. The third-order valence-electron chi connectivity index (χ3n) is 4.21.